The zero-order chi connectivity index (χ0) is 11.0. The predicted molar refractivity (Wildman–Crippen MR) is 63.5 cm³/mol. The van der Waals surface area contributed by atoms with Gasteiger partial charge in [0.25, 0.3) is 0 Å². The number of aromatic nitrogens is 1. The molecule has 1 atom stereocenters. The van der Waals surface area contributed by atoms with Crippen LogP contribution >= 0.6 is 0 Å². The van der Waals surface area contributed by atoms with Crippen LogP contribution < -0.4 is 5.32 Å². The van der Waals surface area contributed by atoms with E-state index in [4.69, 9.17) is 0 Å². The Morgan fingerprint density at radius 2 is 1.79 bits per heavy atom. The predicted octanol–water partition coefficient (Wildman–Crippen LogP) is 3.56. The Bertz CT molecular complexity index is 219. The molecular weight excluding hydrogens is 172 g/mol. The normalized spacial score (nSPS) is 11.6. The van der Waals surface area contributed by atoms with Crippen molar-refractivity contribution in [1.82, 2.24) is 4.98 Å². The Balaban J connectivity index is 0.000000791. The second-order valence-corrected chi connectivity index (χ2v) is 3.39. The lowest BCUT2D eigenvalue weighted by Crippen LogP contribution is -2.21. The molecule has 0 spiro atoms. The molecule has 0 bridgehead atoms. The number of rotatable bonds is 3. The van der Waals surface area contributed by atoms with Gasteiger partial charge in [-0.15, -0.1) is 0 Å². The van der Waals surface area contributed by atoms with Crippen LogP contribution in [-0.2, 0) is 0 Å². The largest absolute Gasteiger partial charge is 0.367 e. The molecule has 0 aromatic carbocycles. The van der Waals surface area contributed by atoms with Crippen molar-refractivity contribution in [3.63, 3.8) is 0 Å². The van der Waals surface area contributed by atoms with Crippen LogP contribution in [-0.4, -0.2) is 11.0 Å². The molecule has 0 saturated heterocycles. The van der Waals surface area contributed by atoms with Gasteiger partial charge in [0.15, 0.2) is 0 Å². The van der Waals surface area contributed by atoms with E-state index in [1.54, 1.807) is 6.20 Å². The number of nitrogens with zero attached hydrogens (tertiary/aromatic N) is 1. The minimum atomic E-state index is 0.472. The molecule has 2 heteroatoms. The van der Waals surface area contributed by atoms with Gasteiger partial charge in [-0.1, -0.05) is 33.8 Å². The van der Waals surface area contributed by atoms with Gasteiger partial charge in [-0.2, -0.15) is 0 Å². The van der Waals surface area contributed by atoms with Crippen molar-refractivity contribution in [3.05, 3.63) is 24.4 Å². The summed E-state index contributed by atoms with van der Waals surface area (Å²) >= 11 is 0. The molecule has 1 aromatic heterocycles. The molecule has 0 fully saturated rings. The van der Waals surface area contributed by atoms with Gasteiger partial charge in [0, 0.05) is 12.2 Å². The van der Waals surface area contributed by atoms with Gasteiger partial charge in [0.2, 0.25) is 0 Å². The third kappa shape index (κ3) is 4.85. The maximum Gasteiger partial charge on any atom is 0.126 e. The average molecular weight is 194 g/mol. The second kappa shape index (κ2) is 7.36. The first-order valence-corrected chi connectivity index (χ1v) is 5.37. The van der Waals surface area contributed by atoms with Crippen LogP contribution in [0.2, 0.25) is 0 Å². The topological polar surface area (TPSA) is 24.9 Å². The van der Waals surface area contributed by atoms with Gasteiger partial charge in [-0.3, -0.25) is 0 Å². The third-order valence-electron chi connectivity index (χ3n) is 2.04. The van der Waals surface area contributed by atoms with Crippen LogP contribution in [0.4, 0.5) is 5.82 Å². The fraction of sp³-hybridized carbons (Fsp3) is 0.583. The van der Waals surface area contributed by atoms with E-state index in [1.807, 2.05) is 32.0 Å². The highest BCUT2D eigenvalue weighted by molar-refractivity contribution is 5.34. The monoisotopic (exact) mass is 194 g/mol. The Kier molecular flexibility index (Phi) is 6.81. The standard InChI is InChI=1S/C10H16N2.C2H6/c1-8(2)9(3)12-10-6-4-5-7-11-10;1-2/h4-9H,1-3H3,(H,11,12);1-2H3. The van der Waals surface area contributed by atoms with Gasteiger partial charge in [0.05, 0.1) is 0 Å². The number of hydrogen-bond donors (Lipinski definition) is 1. The molecule has 80 valence electrons. The van der Waals surface area contributed by atoms with Gasteiger partial charge < -0.3 is 5.32 Å². The van der Waals surface area contributed by atoms with Crippen LogP contribution in [0.25, 0.3) is 0 Å². The molecule has 0 radical (unpaired) electrons. The van der Waals surface area contributed by atoms with Crippen molar-refractivity contribution in [2.75, 3.05) is 5.32 Å². The van der Waals surface area contributed by atoms with Crippen molar-refractivity contribution in [1.29, 1.82) is 0 Å². The fourth-order valence-corrected chi connectivity index (χ4v) is 0.848. The van der Waals surface area contributed by atoms with Crippen LogP contribution in [0.1, 0.15) is 34.6 Å². The molecule has 1 N–H and O–H groups in total. The molecular formula is C12H22N2. The summed E-state index contributed by atoms with van der Waals surface area (Å²) in [5, 5.41) is 3.33. The minimum Gasteiger partial charge on any atom is -0.367 e. The van der Waals surface area contributed by atoms with E-state index in [0.717, 1.165) is 5.82 Å². The summed E-state index contributed by atoms with van der Waals surface area (Å²) in [6, 6.07) is 6.37. The Hall–Kier alpha value is -1.05. The molecule has 1 unspecified atom stereocenters. The third-order valence-corrected chi connectivity index (χ3v) is 2.04. The van der Waals surface area contributed by atoms with Crippen LogP contribution in [0.5, 0.6) is 0 Å². The molecule has 1 heterocycles. The Morgan fingerprint density at radius 3 is 2.21 bits per heavy atom. The Labute approximate surface area is 87.8 Å². The highest BCUT2D eigenvalue weighted by Gasteiger charge is 2.05. The van der Waals surface area contributed by atoms with E-state index in [-0.39, 0.29) is 0 Å². The van der Waals surface area contributed by atoms with Gasteiger partial charge in [-0.25, -0.2) is 4.98 Å². The van der Waals surface area contributed by atoms with Crippen molar-refractivity contribution in [2.45, 2.75) is 40.7 Å². The van der Waals surface area contributed by atoms with Crippen LogP contribution in [0.3, 0.4) is 0 Å². The van der Waals surface area contributed by atoms with Crippen molar-refractivity contribution in [3.8, 4) is 0 Å². The van der Waals surface area contributed by atoms with E-state index >= 15 is 0 Å². The molecule has 1 rings (SSSR count). The van der Waals surface area contributed by atoms with Crippen LogP contribution in [0, 0.1) is 5.92 Å². The van der Waals surface area contributed by atoms with Crippen LogP contribution in [0.15, 0.2) is 24.4 Å². The summed E-state index contributed by atoms with van der Waals surface area (Å²) in [4.78, 5) is 4.19. The number of nitrogens with one attached hydrogen (secondary N) is 1. The first-order chi connectivity index (χ1) is 6.70. The number of anilines is 1. The summed E-state index contributed by atoms with van der Waals surface area (Å²) in [6.45, 7) is 10.6. The van der Waals surface area contributed by atoms with E-state index in [0.29, 0.717) is 12.0 Å². The maximum absolute atomic E-state index is 4.19. The first kappa shape index (κ1) is 12.9. The quantitative estimate of drug-likeness (QED) is 0.795. The second-order valence-electron chi connectivity index (χ2n) is 3.39. The smallest absolute Gasteiger partial charge is 0.126 e. The summed E-state index contributed by atoms with van der Waals surface area (Å²) in [6.07, 6.45) is 1.80. The molecule has 1 aromatic rings. The highest BCUT2D eigenvalue weighted by Crippen LogP contribution is 2.08. The van der Waals surface area contributed by atoms with E-state index in [1.165, 1.54) is 0 Å². The molecule has 14 heavy (non-hydrogen) atoms. The summed E-state index contributed by atoms with van der Waals surface area (Å²) in [7, 11) is 0. The molecule has 0 amide bonds. The Morgan fingerprint density at radius 1 is 1.14 bits per heavy atom. The zero-order valence-electron chi connectivity index (χ0n) is 9.91. The molecule has 0 aliphatic heterocycles. The molecule has 2 nitrogen and oxygen atoms in total. The lowest BCUT2D eigenvalue weighted by Gasteiger charge is -2.17. The number of hydrogen-bond acceptors (Lipinski definition) is 2. The summed E-state index contributed by atoms with van der Waals surface area (Å²) in [5.41, 5.74) is 0. The fourth-order valence-electron chi connectivity index (χ4n) is 0.848. The average Bonchev–Trinajstić information content (AvgIpc) is 2.22. The van der Waals surface area contributed by atoms with E-state index in [9.17, 15) is 0 Å². The molecule has 0 aliphatic rings. The van der Waals surface area contributed by atoms with E-state index < -0.39 is 0 Å². The van der Waals surface area contributed by atoms with Gasteiger partial charge >= 0.3 is 0 Å². The van der Waals surface area contributed by atoms with Gasteiger partial charge in [-0.05, 0) is 25.0 Å². The minimum absolute atomic E-state index is 0.472. The zero-order valence-corrected chi connectivity index (χ0v) is 9.91. The first-order valence-electron chi connectivity index (χ1n) is 5.37. The van der Waals surface area contributed by atoms with Crippen molar-refractivity contribution < 1.29 is 0 Å². The highest BCUT2D eigenvalue weighted by atomic mass is 15.0. The van der Waals surface area contributed by atoms with E-state index in [2.05, 4.69) is 31.1 Å². The maximum atomic E-state index is 4.19. The van der Waals surface area contributed by atoms with Crippen molar-refractivity contribution in [2.24, 2.45) is 5.92 Å². The van der Waals surface area contributed by atoms with Gasteiger partial charge in [0.1, 0.15) is 5.82 Å². The molecule has 0 aliphatic carbocycles. The summed E-state index contributed by atoms with van der Waals surface area (Å²) in [5.74, 6) is 1.59. The lowest BCUT2D eigenvalue weighted by molar-refractivity contribution is 0.558. The summed E-state index contributed by atoms with van der Waals surface area (Å²) < 4.78 is 0. The SMILES string of the molecule is CC.CC(C)C(C)Nc1ccccn1. The lowest BCUT2D eigenvalue weighted by atomic mass is 10.1. The number of pyridine rings is 1. The van der Waals surface area contributed by atoms with Crippen molar-refractivity contribution >= 4 is 5.82 Å². The molecule has 0 saturated carbocycles.